The summed E-state index contributed by atoms with van der Waals surface area (Å²) in [5, 5.41) is 12.7. The average Bonchev–Trinajstić information content (AvgIpc) is 3.12. The standard InChI is InChI=1S/C23H29N3O3/c1-17(27)24-21-11-7-6-10-19(21)14-23(29)25(2)22(18-8-4-3-5-9-18)16-26-13-12-20(28)15-26/h3-11,20,22,28H,12-16H2,1-2H3,(H,24,27)/t20-,22?/m0/s1. The minimum atomic E-state index is -0.294. The first-order chi connectivity index (χ1) is 13.9. The van der Waals surface area contributed by atoms with Crippen molar-refractivity contribution in [2.75, 3.05) is 32.0 Å². The summed E-state index contributed by atoms with van der Waals surface area (Å²) in [4.78, 5) is 28.6. The zero-order valence-electron chi connectivity index (χ0n) is 17.0. The van der Waals surface area contributed by atoms with Gasteiger partial charge in [-0.3, -0.25) is 14.5 Å². The summed E-state index contributed by atoms with van der Waals surface area (Å²) in [6.07, 6.45) is 0.680. The number of carbonyl (C=O) groups excluding carboxylic acids is 2. The zero-order chi connectivity index (χ0) is 20.8. The second-order valence-corrected chi connectivity index (χ2v) is 7.65. The normalized spacial score (nSPS) is 17.7. The number of carbonyl (C=O) groups is 2. The van der Waals surface area contributed by atoms with Crippen molar-refractivity contribution >= 4 is 17.5 Å². The van der Waals surface area contributed by atoms with Gasteiger partial charge in [-0.05, 0) is 23.6 Å². The van der Waals surface area contributed by atoms with Crippen molar-refractivity contribution in [2.24, 2.45) is 0 Å². The lowest BCUT2D eigenvalue weighted by molar-refractivity contribution is -0.131. The van der Waals surface area contributed by atoms with Gasteiger partial charge in [-0.1, -0.05) is 48.5 Å². The summed E-state index contributed by atoms with van der Waals surface area (Å²) >= 11 is 0. The molecule has 1 saturated heterocycles. The molecule has 1 aliphatic heterocycles. The number of β-amino-alcohol motifs (C(OH)–C–C–N with tert-alkyl or cyclic N) is 1. The highest BCUT2D eigenvalue weighted by molar-refractivity contribution is 5.91. The van der Waals surface area contributed by atoms with Gasteiger partial charge in [-0.25, -0.2) is 0 Å². The first kappa shape index (κ1) is 21.0. The second-order valence-electron chi connectivity index (χ2n) is 7.65. The van der Waals surface area contributed by atoms with Crippen LogP contribution >= 0.6 is 0 Å². The molecule has 2 N–H and O–H groups in total. The molecule has 154 valence electrons. The lowest BCUT2D eigenvalue weighted by Gasteiger charge is -2.32. The fourth-order valence-electron chi connectivity index (χ4n) is 3.80. The Morgan fingerprint density at radius 2 is 1.86 bits per heavy atom. The van der Waals surface area contributed by atoms with E-state index in [9.17, 15) is 14.7 Å². The van der Waals surface area contributed by atoms with Gasteiger partial charge in [0.2, 0.25) is 11.8 Å². The Morgan fingerprint density at radius 1 is 1.17 bits per heavy atom. The van der Waals surface area contributed by atoms with Crippen LogP contribution in [0.3, 0.4) is 0 Å². The number of para-hydroxylation sites is 1. The third-order valence-corrected chi connectivity index (χ3v) is 5.39. The van der Waals surface area contributed by atoms with E-state index >= 15 is 0 Å². The number of likely N-dealkylation sites (N-methyl/N-ethyl adjacent to an activating group) is 1. The third-order valence-electron chi connectivity index (χ3n) is 5.39. The van der Waals surface area contributed by atoms with E-state index in [2.05, 4.69) is 10.2 Å². The van der Waals surface area contributed by atoms with Gasteiger partial charge < -0.3 is 15.3 Å². The topological polar surface area (TPSA) is 72.9 Å². The molecule has 29 heavy (non-hydrogen) atoms. The SMILES string of the molecule is CC(=O)Nc1ccccc1CC(=O)N(C)C(CN1CC[C@H](O)C1)c1ccccc1. The Hall–Kier alpha value is -2.70. The smallest absolute Gasteiger partial charge is 0.227 e. The van der Waals surface area contributed by atoms with Gasteiger partial charge in [0.25, 0.3) is 0 Å². The number of anilines is 1. The molecule has 0 bridgehead atoms. The fraction of sp³-hybridized carbons (Fsp3) is 0.391. The summed E-state index contributed by atoms with van der Waals surface area (Å²) in [7, 11) is 1.83. The van der Waals surface area contributed by atoms with E-state index in [-0.39, 0.29) is 30.4 Å². The van der Waals surface area contributed by atoms with E-state index < -0.39 is 0 Å². The maximum absolute atomic E-state index is 13.1. The third kappa shape index (κ3) is 5.65. The Kier molecular flexibility index (Phi) is 7.01. The Balaban J connectivity index is 1.77. The highest BCUT2D eigenvalue weighted by Crippen LogP contribution is 2.25. The summed E-state index contributed by atoms with van der Waals surface area (Å²) in [6.45, 7) is 3.60. The predicted octanol–water partition coefficient (Wildman–Crippen LogP) is 2.45. The van der Waals surface area contributed by atoms with Gasteiger partial charge in [0.15, 0.2) is 0 Å². The molecular formula is C23H29N3O3. The fourth-order valence-corrected chi connectivity index (χ4v) is 3.80. The minimum absolute atomic E-state index is 0.0172. The molecule has 2 atom stereocenters. The minimum Gasteiger partial charge on any atom is -0.392 e. The van der Waals surface area contributed by atoms with Crippen LogP contribution in [0, 0.1) is 0 Å². The lowest BCUT2D eigenvalue weighted by atomic mass is 10.0. The molecule has 1 heterocycles. The van der Waals surface area contributed by atoms with Gasteiger partial charge >= 0.3 is 0 Å². The van der Waals surface area contributed by atoms with Crippen LogP contribution in [0.25, 0.3) is 0 Å². The van der Waals surface area contributed by atoms with Crippen LogP contribution in [0.5, 0.6) is 0 Å². The Labute approximate surface area is 172 Å². The van der Waals surface area contributed by atoms with Gasteiger partial charge in [-0.2, -0.15) is 0 Å². The van der Waals surface area contributed by atoms with Gasteiger partial charge in [0.1, 0.15) is 0 Å². The van der Waals surface area contributed by atoms with Gasteiger partial charge in [0, 0.05) is 39.3 Å². The molecule has 1 aliphatic rings. The maximum Gasteiger partial charge on any atom is 0.227 e. The van der Waals surface area contributed by atoms with Crippen LogP contribution < -0.4 is 5.32 Å². The number of hydrogen-bond acceptors (Lipinski definition) is 4. The van der Waals surface area contributed by atoms with Crippen LogP contribution in [0.2, 0.25) is 0 Å². The Bertz CT molecular complexity index is 840. The lowest BCUT2D eigenvalue weighted by Crippen LogP contribution is -2.39. The molecule has 3 rings (SSSR count). The van der Waals surface area contributed by atoms with Crippen LogP contribution in [0.4, 0.5) is 5.69 Å². The molecule has 2 amide bonds. The number of likely N-dealkylation sites (tertiary alicyclic amines) is 1. The van der Waals surface area contributed by atoms with E-state index in [1.807, 2.05) is 61.6 Å². The molecule has 6 heteroatoms. The first-order valence-corrected chi connectivity index (χ1v) is 10.0. The molecule has 0 radical (unpaired) electrons. The molecule has 1 fully saturated rings. The van der Waals surface area contributed by atoms with Crippen molar-refractivity contribution in [1.82, 2.24) is 9.80 Å². The van der Waals surface area contributed by atoms with Gasteiger partial charge in [-0.15, -0.1) is 0 Å². The molecule has 0 aromatic heterocycles. The van der Waals surface area contributed by atoms with Crippen LogP contribution in [-0.2, 0) is 16.0 Å². The summed E-state index contributed by atoms with van der Waals surface area (Å²) in [5.74, 6) is -0.176. The van der Waals surface area contributed by atoms with Crippen LogP contribution in [0.1, 0.15) is 30.5 Å². The largest absolute Gasteiger partial charge is 0.392 e. The number of nitrogens with zero attached hydrogens (tertiary/aromatic N) is 2. The molecular weight excluding hydrogens is 366 g/mol. The molecule has 1 unspecified atom stereocenters. The maximum atomic E-state index is 13.1. The van der Waals surface area contributed by atoms with Crippen molar-refractivity contribution in [2.45, 2.75) is 31.9 Å². The summed E-state index contributed by atoms with van der Waals surface area (Å²) in [6, 6.07) is 17.3. The second kappa shape index (κ2) is 9.67. The molecule has 0 aliphatic carbocycles. The van der Waals surface area contributed by atoms with E-state index in [1.54, 1.807) is 4.90 Å². The van der Waals surface area contributed by atoms with Gasteiger partial charge in [0.05, 0.1) is 18.6 Å². The summed E-state index contributed by atoms with van der Waals surface area (Å²) < 4.78 is 0. The number of benzene rings is 2. The van der Waals surface area contributed by atoms with Crippen molar-refractivity contribution in [3.05, 3.63) is 65.7 Å². The zero-order valence-corrected chi connectivity index (χ0v) is 17.0. The highest BCUT2D eigenvalue weighted by atomic mass is 16.3. The number of aliphatic hydroxyl groups excluding tert-OH is 1. The predicted molar refractivity (Wildman–Crippen MR) is 113 cm³/mol. The van der Waals surface area contributed by atoms with Crippen LogP contribution in [-0.4, -0.2) is 59.5 Å². The van der Waals surface area contributed by atoms with Crippen molar-refractivity contribution < 1.29 is 14.7 Å². The first-order valence-electron chi connectivity index (χ1n) is 10.0. The molecule has 0 spiro atoms. The number of rotatable bonds is 7. The monoisotopic (exact) mass is 395 g/mol. The number of hydrogen-bond donors (Lipinski definition) is 2. The van der Waals surface area contributed by atoms with Crippen molar-refractivity contribution in [3.8, 4) is 0 Å². The molecule has 0 saturated carbocycles. The number of aliphatic hydroxyl groups is 1. The van der Waals surface area contributed by atoms with E-state index in [0.717, 1.165) is 24.1 Å². The van der Waals surface area contributed by atoms with E-state index in [4.69, 9.17) is 0 Å². The molecule has 2 aromatic rings. The quantitative estimate of drug-likeness (QED) is 0.755. The molecule has 2 aromatic carbocycles. The average molecular weight is 396 g/mol. The summed E-state index contributed by atoms with van der Waals surface area (Å²) in [5.41, 5.74) is 2.53. The number of nitrogens with one attached hydrogen (secondary N) is 1. The Morgan fingerprint density at radius 3 is 2.52 bits per heavy atom. The molecule has 6 nitrogen and oxygen atoms in total. The van der Waals surface area contributed by atoms with Crippen LogP contribution in [0.15, 0.2) is 54.6 Å². The van der Waals surface area contributed by atoms with Crippen molar-refractivity contribution in [1.29, 1.82) is 0 Å². The van der Waals surface area contributed by atoms with Crippen molar-refractivity contribution in [3.63, 3.8) is 0 Å². The van der Waals surface area contributed by atoms with E-state index in [0.29, 0.717) is 18.8 Å². The number of amides is 2. The highest BCUT2D eigenvalue weighted by Gasteiger charge is 2.28. The van der Waals surface area contributed by atoms with E-state index in [1.165, 1.54) is 6.92 Å².